The van der Waals surface area contributed by atoms with Gasteiger partial charge in [0, 0.05) is 39.6 Å². The van der Waals surface area contributed by atoms with Crippen molar-refractivity contribution in [3.8, 4) is 11.5 Å². The predicted octanol–water partition coefficient (Wildman–Crippen LogP) is 5.09. The van der Waals surface area contributed by atoms with E-state index in [0.29, 0.717) is 11.3 Å². The van der Waals surface area contributed by atoms with E-state index < -0.39 is 0 Å². The van der Waals surface area contributed by atoms with Crippen LogP contribution in [0.5, 0.6) is 11.5 Å². The molecular weight excluding hydrogens is 300 g/mol. The van der Waals surface area contributed by atoms with Crippen LogP contribution in [0.1, 0.15) is 36.6 Å². The van der Waals surface area contributed by atoms with E-state index in [1.807, 2.05) is 39.0 Å². The number of anilines is 1. The predicted molar refractivity (Wildman–Crippen MR) is 99.6 cm³/mol. The molecule has 0 aliphatic heterocycles. The normalized spacial score (nSPS) is 11.2. The Morgan fingerprint density at radius 3 is 2.54 bits per heavy atom. The van der Waals surface area contributed by atoms with E-state index in [1.54, 1.807) is 6.07 Å². The van der Waals surface area contributed by atoms with Gasteiger partial charge in [-0.1, -0.05) is 20.4 Å². The first kappa shape index (κ1) is 16.0. The van der Waals surface area contributed by atoms with E-state index in [1.165, 1.54) is 6.07 Å². The topological polar surface area (TPSA) is 68.3 Å². The minimum atomic E-state index is 0.00738. The van der Waals surface area contributed by atoms with Crippen LogP contribution in [0.2, 0.25) is 0 Å². The highest BCUT2D eigenvalue weighted by Gasteiger charge is 2.14. The molecule has 0 amide bonds. The second-order valence-corrected chi connectivity index (χ2v) is 6.44. The Kier molecular flexibility index (Phi) is 3.97. The average Bonchev–Trinajstić information content (AvgIpc) is 2.86. The maximum absolute atomic E-state index is 10.2. The molecule has 0 bridgehead atoms. The fourth-order valence-corrected chi connectivity index (χ4v) is 2.90. The average molecular weight is 322 g/mol. The molecule has 1 aromatic heterocycles. The van der Waals surface area contributed by atoms with Gasteiger partial charge in [0.05, 0.1) is 0 Å². The maximum Gasteiger partial charge on any atom is 0.128 e. The standard InChI is InChI=1S/C20H22N2O2/c1-11(2)16-9-17(20(24)10-19(16)23)13(4)22-15-5-6-18-14(8-15)7-12(3)21-18/h5-11,21-24H,4H2,1-3H3. The first-order valence-electron chi connectivity index (χ1n) is 7.96. The van der Waals surface area contributed by atoms with Gasteiger partial charge in [0.1, 0.15) is 11.5 Å². The number of hydrogen-bond acceptors (Lipinski definition) is 3. The lowest BCUT2D eigenvalue weighted by Crippen LogP contribution is -1.99. The number of benzene rings is 2. The summed E-state index contributed by atoms with van der Waals surface area (Å²) in [6, 6.07) is 11.2. The Bertz CT molecular complexity index is 923. The van der Waals surface area contributed by atoms with Crippen LogP contribution in [0.15, 0.2) is 43.0 Å². The second kappa shape index (κ2) is 5.96. The number of hydrogen-bond donors (Lipinski definition) is 4. The number of phenols is 2. The van der Waals surface area contributed by atoms with Gasteiger partial charge in [0.2, 0.25) is 0 Å². The zero-order valence-corrected chi connectivity index (χ0v) is 14.1. The van der Waals surface area contributed by atoms with E-state index in [9.17, 15) is 10.2 Å². The lowest BCUT2D eigenvalue weighted by Gasteiger charge is -2.15. The fraction of sp³-hybridized carbons (Fsp3) is 0.200. The molecule has 0 radical (unpaired) electrons. The molecular formula is C20H22N2O2. The number of fused-ring (bicyclic) bond motifs is 1. The molecule has 2 aromatic carbocycles. The largest absolute Gasteiger partial charge is 0.508 e. The van der Waals surface area contributed by atoms with Gasteiger partial charge in [-0.15, -0.1) is 0 Å². The first-order valence-corrected chi connectivity index (χ1v) is 7.96. The van der Waals surface area contributed by atoms with Crippen LogP contribution in [0, 0.1) is 6.92 Å². The molecule has 1 heterocycles. The molecule has 3 aromatic rings. The number of H-pyrrole nitrogens is 1. The molecule has 124 valence electrons. The highest BCUT2D eigenvalue weighted by atomic mass is 16.3. The van der Waals surface area contributed by atoms with Crippen molar-refractivity contribution >= 4 is 22.3 Å². The number of aromatic nitrogens is 1. The van der Waals surface area contributed by atoms with Crippen LogP contribution in [-0.2, 0) is 0 Å². The lowest BCUT2D eigenvalue weighted by molar-refractivity contribution is 0.443. The SMILES string of the molecule is C=C(Nc1ccc2[nH]c(C)cc2c1)c1cc(C(C)C)c(O)cc1O. The minimum absolute atomic E-state index is 0.00738. The van der Waals surface area contributed by atoms with Gasteiger partial charge < -0.3 is 20.5 Å². The van der Waals surface area contributed by atoms with Crippen LogP contribution in [0.4, 0.5) is 5.69 Å². The molecule has 4 N–H and O–H groups in total. The summed E-state index contributed by atoms with van der Waals surface area (Å²) in [5.74, 6) is 0.257. The number of phenolic OH excluding ortho intramolecular Hbond substituents is 2. The van der Waals surface area contributed by atoms with Crippen molar-refractivity contribution in [1.29, 1.82) is 0 Å². The zero-order valence-electron chi connectivity index (χ0n) is 14.1. The smallest absolute Gasteiger partial charge is 0.128 e. The van der Waals surface area contributed by atoms with E-state index >= 15 is 0 Å². The summed E-state index contributed by atoms with van der Waals surface area (Å²) in [6.45, 7) is 10.0. The molecule has 4 heteroatoms. The van der Waals surface area contributed by atoms with E-state index in [0.717, 1.165) is 27.8 Å². The fourth-order valence-electron chi connectivity index (χ4n) is 2.90. The van der Waals surface area contributed by atoms with Crippen LogP contribution in [-0.4, -0.2) is 15.2 Å². The van der Waals surface area contributed by atoms with Crippen molar-refractivity contribution in [2.75, 3.05) is 5.32 Å². The van der Waals surface area contributed by atoms with Gasteiger partial charge in [-0.05, 0) is 48.7 Å². The van der Waals surface area contributed by atoms with Crippen LogP contribution < -0.4 is 5.32 Å². The van der Waals surface area contributed by atoms with Crippen LogP contribution in [0.25, 0.3) is 16.6 Å². The molecule has 0 fully saturated rings. The van der Waals surface area contributed by atoms with E-state index in [2.05, 4.69) is 22.9 Å². The summed E-state index contributed by atoms with van der Waals surface area (Å²) < 4.78 is 0. The van der Waals surface area contributed by atoms with Gasteiger partial charge in [0.15, 0.2) is 0 Å². The number of rotatable bonds is 4. The Morgan fingerprint density at radius 1 is 1.08 bits per heavy atom. The van der Waals surface area contributed by atoms with Crippen molar-refractivity contribution in [1.82, 2.24) is 4.98 Å². The highest BCUT2D eigenvalue weighted by molar-refractivity contribution is 5.87. The van der Waals surface area contributed by atoms with Crippen molar-refractivity contribution < 1.29 is 10.2 Å². The Balaban J connectivity index is 1.92. The van der Waals surface area contributed by atoms with Gasteiger partial charge in [-0.3, -0.25) is 0 Å². The highest BCUT2D eigenvalue weighted by Crippen LogP contribution is 2.35. The summed E-state index contributed by atoms with van der Waals surface area (Å²) in [5.41, 5.74) is 5.03. The number of aryl methyl sites for hydroxylation is 1. The van der Waals surface area contributed by atoms with Crippen molar-refractivity contribution in [3.63, 3.8) is 0 Å². The van der Waals surface area contributed by atoms with Crippen molar-refractivity contribution in [2.24, 2.45) is 0 Å². The third kappa shape index (κ3) is 2.95. The van der Waals surface area contributed by atoms with Crippen molar-refractivity contribution in [2.45, 2.75) is 26.7 Å². The molecule has 0 saturated carbocycles. The Labute approximate surface area is 141 Å². The molecule has 0 spiro atoms. The van der Waals surface area contributed by atoms with Crippen LogP contribution in [0.3, 0.4) is 0 Å². The molecule has 4 nitrogen and oxygen atoms in total. The minimum Gasteiger partial charge on any atom is -0.508 e. The molecule has 24 heavy (non-hydrogen) atoms. The van der Waals surface area contributed by atoms with Gasteiger partial charge in [0.25, 0.3) is 0 Å². The number of aromatic amines is 1. The summed E-state index contributed by atoms with van der Waals surface area (Å²) in [6.07, 6.45) is 0. The van der Waals surface area contributed by atoms with Gasteiger partial charge in [-0.25, -0.2) is 0 Å². The quantitative estimate of drug-likeness (QED) is 0.540. The Morgan fingerprint density at radius 2 is 1.83 bits per heavy atom. The van der Waals surface area contributed by atoms with Gasteiger partial charge in [-0.2, -0.15) is 0 Å². The van der Waals surface area contributed by atoms with E-state index in [-0.39, 0.29) is 17.4 Å². The summed E-state index contributed by atoms with van der Waals surface area (Å²) in [7, 11) is 0. The summed E-state index contributed by atoms with van der Waals surface area (Å²) in [5, 5.41) is 24.5. The monoisotopic (exact) mass is 322 g/mol. The molecule has 0 atom stereocenters. The van der Waals surface area contributed by atoms with E-state index in [4.69, 9.17) is 0 Å². The van der Waals surface area contributed by atoms with Crippen molar-refractivity contribution in [3.05, 3.63) is 59.8 Å². The molecule has 0 saturated heterocycles. The van der Waals surface area contributed by atoms with Gasteiger partial charge >= 0.3 is 0 Å². The van der Waals surface area contributed by atoms with Crippen LogP contribution >= 0.6 is 0 Å². The molecule has 0 unspecified atom stereocenters. The summed E-state index contributed by atoms with van der Waals surface area (Å²) in [4.78, 5) is 3.29. The molecule has 0 aliphatic rings. The molecule has 3 rings (SSSR count). The number of nitrogens with one attached hydrogen (secondary N) is 2. The lowest BCUT2D eigenvalue weighted by atomic mass is 9.98. The third-order valence-corrected chi connectivity index (χ3v) is 4.14. The second-order valence-electron chi connectivity index (χ2n) is 6.44. The Hall–Kier alpha value is -2.88. The zero-order chi connectivity index (χ0) is 17.4. The summed E-state index contributed by atoms with van der Waals surface area (Å²) >= 11 is 0. The first-order chi connectivity index (χ1) is 11.3. The maximum atomic E-state index is 10.2. The third-order valence-electron chi connectivity index (χ3n) is 4.14. The molecule has 0 aliphatic carbocycles. The number of aromatic hydroxyl groups is 2.